The Balaban J connectivity index is 1.32. The van der Waals surface area contributed by atoms with Crippen LogP contribution in [0.15, 0.2) is 91.3 Å². The van der Waals surface area contributed by atoms with Gasteiger partial charge < -0.3 is 26.3 Å². The minimum absolute atomic E-state index is 0.00752. The van der Waals surface area contributed by atoms with Crippen LogP contribution in [-0.2, 0) is 24.2 Å². The zero-order chi connectivity index (χ0) is 29.6. The van der Waals surface area contributed by atoms with Crippen molar-refractivity contribution in [1.82, 2.24) is 20.6 Å². The summed E-state index contributed by atoms with van der Waals surface area (Å²) in [4.78, 5) is 20.3. The summed E-state index contributed by atoms with van der Waals surface area (Å²) in [6.45, 7) is 2.11. The van der Waals surface area contributed by atoms with E-state index in [1.165, 1.54) is 10.9 Å². The molecule has 1 aliphatic rings. The van der Waals surface area contributed by atoms with E-state index in [9.17, 15) is 10.2 Å². The Labute approximate surface area is 251 Å². The lowest BCUT2D eigenvalue weighted by atomic mass is 9.96. The van der Waals surface area contributed by atoms with E-state index in [1.807, 2.05) is 65.5 Å². The van der Waals surface area contributed by atoms with E-state index >= 15 is 0 Å². The molecule has 220 valence electrons. The molecule has 2 aromatic heterocycles. The van der Waals surface area contributed by atoms with E-state index < -0.39 is 6.04 Å². The predicted molar refractivity (Wildman–Crippen MR) is 173 cm³/mol. The van der Waals surface area contributed by atoms with Crippen LogP contribution in [0.25, 0.3) is 21.8 Å². The number of amidine groups is 2. The number of nitrogens with zero attached hydrogens (tertiary/aromatic N) is 1. The highest BCUT2D eigenvalue weighted by atomic mass is 16.2. The maximum Gasteiger partial charge on any atom is 0.253 e. The van der Waals surface area contributed by atoms with Crippen LogP contribution in [0.1, 0.15) is 36.0 Å². The molecule has 8 heteroatoms. The Kier molecular flexibility index (Phi) is 8.65. The minimum atomic E-state index is -0.544. The molecule has 5 aromatic rings. The van der Waals surface area contributed by atoms with Crippen LogP contribution < -0.4 is 16.4 Å². The summed E-state index contributed by atoms with van der Waals surface area (Å²) < 4.78 is 1.90. The van der Waals surface area contributed by atoms with E-state index in [4.69, 9.17) is 5.73 Å². The maximum absolute atomic E-state index is 13.6. The molecule has 1 fully saturated rings. The van der Waals surface area contributed by atoms with E-state index in [0.29, 0.717) is 31.1 Å². The Hall–Kier alpha value is -4.69. The van der Waals surface area contributed by atoms with E-state index in [1.54, 1.807) is 0 Å². The molecule has 43 heavy (non-hydrogen) atoms. The number of amides is 1. The summed E-state index contributed by atoms with van der Waals surface area (Å²) in [6, 6.07) is 26.0. The fourth-order valence-electron chi connectivity index (χ4n) is 6.14. The third-order valence-electron chi connectivity index (χ3n) is 8.60. The lowest BCUT2D eigenvalue weighted by Crippen LogP contribution is -2.51. The molecule has 0 radical (unpaired) electrons. The van der Waals surface area contributed by atoms with Gasteiger partial charge in [-0.25, -0.2) is 4.58 Å². The number of aryl methyl sites for hydroxylation is 1. The zero-order valence-electron chi connectivity index (χ0n) is 24.4. The van der Waals surface area contributed by atoms with Crippen LogP contribution in [0.2, 0.25) is 0 Å². The number of carbonyl (C=O) groups is 1. The molecule has 3 aromatic carbocycles. The van der Waals surface area contributed by atoms with Crippen molar-refractivity contribution in [2.24, 2.45) is 11.7 Å². The number of rotatable bonds is 10. The first kappa shape index (κ1) is 28.4. The van der Waals surface area contributed by atoms with Gasteiger partial charge in [-0.1, -0.05) is 66.7 Å². The van der Waals surface area contributed by atoms with Crippen molar-refractivity contribution in [3.05, 3.63) is 108 Å². The normalized spacial score (nSPS) is 15.3. The van der Waals surface area contributed by atoms with Crippen molar-refractivity contribution in [3.8, 4) is 0 Å². The van der Waals surface area contributed by atoms with Crippen LogP contribution in [-0.4, -0.2) is 51.3 Å². The average molecular weight is 575 g/mol. The summed E-state index contributed by atoms with van der Waals surface area (Å²) in [5.41, 5.74) is 12.3. The van der Waals surface area contributed by atoms with Gasteiger partial charge in [-0.15, -0.1) is 0 Å². The van der Waals surface area contributed by atoms with Crippen LogP contribution in [0.5, 0.6) is 0 Å². The molecule has 0 bridgehead atoms. The Morgan fingerprint density at radius 1 is 0.884 bits per heavy atom. The average Bonchev–Trinajstić information content (AvgIpc) is 3.67. The first-order valence-electron chi connectivity index (χ1n) is 15.2. The predicted octanol–water partition coefficient (Wildman–Crippen LogP) is 4.86. The Bertz CT molecular complexity index is 1740. The number of fused-ring (bicyclic) bond motifs is 2. The standard InChI is InChI=1S/C35H39N7O/c36-33(15-14-26-21-39-30-12-6-4-10-28(26)30)42(23-24-8-2-1-3-9-24)34(37)32(41-35(43)25-16-18-38-19-17-25)20-27-22-40-31-13-7-5-11-29(27)31/h1-13,21-22,25,32,36-40H,14-20,23H2,(H,41,43)/p+1/t32-/m1/s1. The van der Waals surface area contributed by atoms with Gasteiger partial charge in [0.1, 0.15) is 6.04 Å². The number of aromatic nitrogens is 2. The first-order chi connectivity index (χ1) is 21.1. The summed E-state index contributed by atoms with van der Waals surface area (Å²) in [7, 11) is 0. The van der Waals surface area contributed by atoms with Crippen molar-refractivity contribution in [3.63, 3.8) is 0 Å². The maximum atomic E-state index is 13.6. The molecule has 8 nitrogen and oxygen atoms in total. The summed E-state index contributed by atoms with van der Waals surface area (Å²) in [6.07, 6.45) is 7.44. The quantitative estimate of drug-likeness (QED) is 0.0811. The summed E-state index contributed by atoms with van der Waals surface area (Å²) in [5, 5.41) is 18.5. The van der Waals surface area contributed by atoms with Gasteiger partial charge in [0, 0.05) is 53.0 Å². The van der Waals surface area contributed by atoms with Gasteiger partial charge in [0.25, 0.3) is 5.84 Å². The number of nitrogens with one attached hydrogen (secondary N) is 5. The number of benzene rings is 3. The van der Waals surface area contributed by atoms with Gasteiger partial charge in [-0.3, -0.25) is 4.79 Å². The van der Waals surface area contributed by atoms with Crippen LogP contribution in [0, 0.1) is 11.3 Å². The molecule has 0 spiro atoms. The fraction of sp³-hybridized carbons (Fsp3) is 0.286. The van der Waals surface area contributed by atoms with E-state index in [-0.39, 0.29) is 11.8 Å². The lowest BCUT2D eigenvalue weighted by molar-refractivity contribution is -0.433. The highest BCUT2D eigenvalue weighted by Gasteiger charge is 2.31. The van der Waals surface area contributed by atoms with E-state index in [2.05, 4.69) is 50.9 Å². The summed E-state index contributed by atoms with van der Waals surface area (Å²) >= 11 is 0. The third-order valence-corrected chi connectivity index (χ3v) is 8.60. The van der Waals surface area contributed by atoms with Crippen molar-refractivity contribution in [2.75, 3.05) is 13.1 Å². The van der Waals surface area contributed by atoms with Crippen molar-refractivity contribution in [1.29, 1.82) is 5.41 Å². The molecule has 6 rings (SSSR count). The zero-order valence-corrected chi connectivity index (χ0v) is 24.4. The molecule has 1 aliphatic heterocycles. The molecule has 0 saturated carbocycles. The fourth-order valence-corrected chi connectivity index (χ4v) is 6.14. The van der Waals surface area contributed by atoms with Crippen molar-refractivity contribution in [2.45, 2.75) is 44.7 Å². The highest BCUT2D eigenvalue weighted by Crippen LogP contribution is 2.22. The number of para-hydroxylation sites is 2. The van der Waals surface area contributed by atoms with Gasteiger partial charge in [0.2, 0.25) is 5.91 Å². The number of piperidine rings is 1. The van der Waals surface area contributed by atoms with Gasteiger partial charge in [0.05, 0.1) is 6.54 Å². The van der Waals surface area contributed by atoms with Gasteiger partial charge in [-0.2, -0.15) is 5.41 Å². The molecule has 1 saturated heterocycles. The number of hydrogen-bond acceptors (Lipinski definition) is 3. The van der Waals surface area contributed by atoms with Gasteiger partial charge >= 0.3 is 0 Å². The molecule has 3 heterocycles. The first-order valence-corrected chi connectivity index (χ1v) is 15.2. The molecular weight excluding hydrogens is 534 g/mol. The molecule has 1 amide bonds. The second-order valence-electron chi connectivity index (χ2n) is 11.5. The van der Waals surface area contributed by atoms with Crippen molar-refractivity contribution >= 4 is 39.4 Å². The third kappa shape index (κ3) is 6.54. The van der Waals surface area contributed by atoms with Gasteiger partial charge in [0.15, 0.2) is 5.84 Å². The molecule has 0 unspecified atom stereocenters. The number of aromatic amines is 2. The van der Waals surface area contributed by atoms with Crippen LogP contribution in [0.4, 0.5) is 0 Å². The monoisotopic (exact) mass is 574 g/mol. The number of carbonyl (C=O) groups excluding carboxylic acids is 1. The summed E-state index contributed by atoms with van der Waals surface area (Å²) in [5.74, 6) is 0.852. The van der Waals surface area contributed by atoms with Gasteiger partial charge in [-0.05, 0) is 61.2 Å². The van der Waals surface area contributed by atoms with Crippen molar-refractivity contribution < 1.29 is 9.37 Å². The largest absolute Gasteiger partial charge is 0.361 e. The molecule has 1 atom stereocenters. The lowest BCUT2D eigenvalue weighted by Gasteiger charge is -2.26. The van der Waals surface area contributed by atoms with Crippen LogP contribution in [0.3, 0.4) is 0 Å². The SMILES string of the molecule is N=C([C@@H](Cc1c[nH]c2ccccc12)NC(=O)C1CCNCC1)[N+](Cc1ccccc1)=C(N)CCc1c[nH]c2ccccc12. The Morgan fingerprint density at radius 2 is 1.49 bits per heavy atom. The number of nitrogens with two attached hydrogens (primary N) is 1. The molecular formula is C35H40N7O+. The topological polar surface area (TPSA) is 126 Å². The van der Waals surface area contributed by atoms with Crippen LogP contribution >= 0.6 is 0 Å². The number of hydrogen-bond donors (Lipinski definition) is 6. The Morgan fingerprint density at radius 3 is 2.19 bits per heavy atom. The highest BCUT2D eigenvalue weighted by molar-refractivity contribution is 5.91. The van der Waals surface area contributed by atoms with E-state index in [0.717, 1.165) is 59.9 Å². The number of H-pyrrole nitrogens is 2. The molecule has 0 aliphatic carbocycles. The minimum Gasteiger partial charge on any atom is -0.361 e. The second-order valence-corrected chi connectivity index (χ2v) is 11.5. The molecule has 7 N–H and O–H groups in total. The second kappa shape index (κ2) is 13.1. The smallest absolute Gasteiger partial charge is 0.253 e.